The van der Waals surface area contributed by atoms with E-state index in [0.717, 1.165) is 27.6 Å². The van der Waals surface area contributed by atoms with Crippen molar-refractivity contribution in [2.75, 3.05) is 13.1 Å². The van der Waals surface area contributed by atoms with E-state index in [1.807, 2.05) is 18.2 Å². The topological polar surface area (TPSA) is 27.0 Å². The maximum atomic E-state index is 9.47. The largest absolute Gasteiger partial charge is 0.284 e. The fourth-order valence-corrected chi connectivity index (χ4v) is 3.05. The maximum Gasteiger partial charge on any atom is 0.123 e. The lowest BCUT2D eigenvalue weighted by Crippen LogP contribution is -2.28. The smallest absolute Gasteiger partial charge is 0.123 e. The lowest BCUT2D eigenvalue weighted by molar-refractivity contribution is 0.245. The van der Waals surface area contributed by atoms with Gasteiger partial charge in [-0.15, -0.1) is 0 Å². The molecule has 0 spiro atoms. The molecular weight excluding hydrogens is 356 g/mol. The van der Waals surface area contributed by atoms with Gasteiger partial charge in [-0.05, 0) is 75.5 Å². The monoisotopic (exact) mass is 370 g/mol. The number of nitrogens with zero attached hydrogens (tertiary/aromatic N) is 2. The van der Waals surface area contributed by atoms with E-state index in [-0.39, 0.29) is 6.04 Å². The molecule has 1 atom stereocenters. The van der Waals surface area contributed by atoms with Crippen molar-refractivity contribution in [2.45, 2.75) is 31.7 Å². The molecule has 1 aromatic carbocycles. The van der Waals surface area contributed by atoms with Crippen LogP contribution >= 0.6 is 31.9 Å². The van der Waals surface area contributed by atoms with Crippen molar-refractivity contribution in [3.8, 4) is 6.07 Å². The predicted octanol–water partition coefficient (Wildman–Crippen LogP) is 4.65. The number of halogens is 2. The minimum atomic E-state index is -0.118. The lowest BCUT2D eigenvalue weighted by Gasteiger charge is -2.25. The molecule has 2 rings (SSSR count). The van der Waals surface area contributed by atoms with Crippen molar-refractivity contribution in [1.29, 1.82) is 5.26 Å². The van der Waals surface area contributed by atoms with Gasteiger partial charge in [0.15, 0.2) is 0 Å². The summed E-state index contributed by atoms with van der Waals surface area (Å²) >= 11 is 6.97. The summed E-state index contributed by atoms with van der Waals surface area (Å²) in [7, 11) is 0. The van der Waals surface area contributed by atoms with Crippen molar-refractivity contribution in [3.05, 3.63) is 32.7 Å². The van der Waals surface area contributed by atoms with Crippen LogP contribution in [0, 0.1) is 11.3 Å². The van der Waals surface area contributed by atoms with Crippen LogP contribution in [0.4, 0.5) is 0 Å². The van der Waals surface area contributed by atoms with Gasteiger partial charge >= 0.3 is 0 Å². The lowest BCUT2D eigenvalue weighted by atomic mass is 10.1. The van der Waals surface area contributed by atoms with Crippen LogP contribution in [-0.2, 0) is 0 Å². The van der Waals surface area contributed by atoms with Crippen LogP contribution < -0.4 is 0 Å². The molecule has 18 heavy (non-hydrogen) atoms. The standard InChI is InChI=1S/C14H16Br2N2/c15-12-6-5-11(9-13(12)16)14(10-17)18-7-3-1-2-4-8-18/h5-6,9,14H,1-4,7-8H2. The van der Waals surface area contributed by atoms with Gasteiger partial charge in [-0.1, -0.05) is 18.9 Å². The van der Waals surface area contributed by atoms with Gasteiger partial charge in [0.2, 0.25) is 0 Å². The Morgan fingerprint density at radius 1 is 1.06 bits per heavy atom. The summed E-state index contributed by atoms with van der Waals surface area (Å²) in [5, 5.41) is 9.47. The normalized spacial score (nSPS) is 18.9. The Bertz CT molecular complexity index is 446. The second-order valence-electron chi connectivity index (χ2n) is 4.66. The average molecular weight is 372 g/mol. The summed E-state index contributed by atoms with van der Waals surface area (Å²) in [5.41, 5.74) is 1.08. The zero-order valence-corrected chi connectivity index (χ0v) is 13.4. The van der Waals surface area contributed by atoms with Gasteiger partial charge in [0.25, 0.3) is 0 Å². The van der Waals surface area contributed by atoms with Crippen LogP contribution in [-0.4, -0.2) is 18.0 Å². The summed E-state index contributed by atoms with van der Waals surface area (Å²) in [5.74, 6) is 0. The molecular formula is C14H16Br2N2. The average Bonchev–Trinajstić information content (AvgIpc) is 2.64. The van der Waals surface area contributed by atoms with Crippen LogP contribution in [0.15, 0.2) is 27.1 Å². The van der Waals surface area contributed by atoms with E-state index >= 15 is 0 Å². The van der Waals surface area contributed by atoms with Gasteiger partial charge in [0, 0.05) is 8.95 Å². The quantitative estimate of drug-likeness (QED) is 0.756. The molecule has 1 heterocycles. The first-order valence-corrected chi connectivity index (χ1v) is 7.89. The highest BCUT2D eigenvalue weighted by Gasteiger charge is 2.21. The molecule has 0 N–H and O–H groups in total. The number of hydrogen-bond acceptors (Lipinski definition) is 2. The third-order valence-electron chi connectivity index (χ3n) is 3.39. The molecule has 0 saturated carbocycles. The van der Waals surface area contributed by atoms with Gasteiger partial charge in [0.05, 0.1) is 6.07 Å². The highest BCUT2D eigenvalue weighted by Crippen LogP contribution is 2.29. The van der Waals surface area contributed by atoms with Crippen molar-refractivity contribution in [3.63, 3.8) is 0 Å². The number of likely N-dealkylation sites (tertiary alicyclic amines) is 1. The molecule has 1 aromatic rings. The van der Waals surface area contributed by atoms with E-state index in [9.17, 15) is 5.26 Å². The molecule has 1 aliphatic rings. The van der Waals surface area contributed by atoms with Gasteiger partial charge in [-0.25, -0.2) is 0 Å². The fourth-order valence-electron chi connectivity index (χ4n) is 2.40. The van der Waals surface area contributed by atoms with Crippen LogP contribution in [0.25, 0.3) is 0 Å². The molecule has 0 aliphatic carbocycles. The molecule has 1 saturated heterocycles. The van der Waals surface area contributed by atoms with Crippen molar-refractivity contribution >= 4 is 31.9 Å². The summed E-state index contributed by atoms with van der Waals surface area (Å²) in [6, 6.07) is 8.42. The molecule has 0 radical (unpaired) electrons. The SMILES string of the molecule is N#CC(c1ccc(Br)c(Br)c1)N1CCCCCC1. The van der Waals surface area contributed by atoms with Gasteiger partial charge in [-0.3, -0.25) is 4.90 Å². The summed E-state index contributed by atoms with van der Waals surface area (Å²) in [6.45, 7) is 2.07. The molecule has 0 bridgehead atoms. The van der Waals surface area contributed by atoms with Crippen molar-refractivity contribution in [2.24, 2.45) is 0 Å². The molecule has 1 aliphatic heterocycles. The number of nitriles is 1. The molecule has 2 nitrogen and oxygen atoms in total. The second-order valence-corrected chi connectivity index (χ2v) is 6.36. The van der Waals surface area contributed by atoms with E-state index in [2.05, 4.69) is 42.8 Å². The minimum Gasteiger partial charge on any atom is -0.284 e. The van der Waals surface area contributed by atoms with Crippen molar-refractivity contribution in [1.82, 2.24) is 4.90 Å². The third-order valence-corrected chi connectivity index (χ3v) is 5.27. The van der Waals surface area contributed by atoms with Crippen LogP contribution in [0.5, 0.6) is 0 Å². The minimum absolute atomic E-state index is 0.118. The fraction of sp³-hybridized carbons (Fsp3) is 0.500. The number of rotatable bonds is 2. The molecule has 0 amide bonds. The van der Waals surface area contributed by atoms with Gasteiger partial charge in [-0.2, -0.15) is 5.26 Å². The third kappa shape index (κ3) is 3.34. The van der Waals surface area contributed by atoms with E-state index < -0.39 is 0 Å². The zero-order valence-electron chi connectivity index (χ0n) is 10.2. The molecule has 96 valence electrons. The Morgan fingerprint density at radius 3 is 2.28 bits per heavy atom. The van der Waals surface area contributed by atoms with Crippen LogP contribution in [0.3, 0.4) is 0 Å². The van der Waals surface area contributed by atoms with Gasteiger partial charge in [0.1, 0.15) is 6.04 Å². The molecule has 0 aromatic heterocycles. The number of benzene rings is 1. The van der Waals surface area contributed by atoms with E-state index in [0.29, 0.717) is 0 Å². The van der Waals surface area contributed by atoms with E-state index in [1.165, 1.54) is 25.7 Å². The van der Waals surface area contributed by atoms with E-state index in [1.54, 1.807) is 0 Å². The Morgan fingerprint density at radius 2 is 1.72 bits per heavy atom. The number of hydrogen-bond donors (Lipinski definition) is 0. The first-order chi connectivity index (χ1) is 8.72. The Kier molecular flexibility index (Phi) is 5.23. The highest BCUT2D eigenvalue weighted by molar-refractivity contribution is 9.13. The summed E-state index contributed by atoms with van der Waals surface area (Å²) in [6.07, 6.45) is 4.99. The van der Waals surface area contributed by atoms with Crippen LogP contribution in [0.2, 0.25) is 0 Å². The molecule has 1 fully saturated rings. The summed E-state index contributed by atoms with van der Waals surface area (Å²) in [4.78, 5) is 2.31. The van der Waals surface area contributed by atoms with Gasteiger partial charge < -0.3 is 0 Å². The maximum absolute atomic E-state index is 9.47. The van der Waals surface area contributed by atoms with E-state index in [4.69, 9.17) is 0 Å². The zero-order chi connectivity index (χ0) is 13.0. The highest BCUT2D eigenvalue weighted by atomic mass is 79.9. The Balaban J connectivity index is 2.21. The summed E-state index contributed by atoms with van der Waals surface area (Å²) < 4.78 is 2.04. The second kappa shape index (κ2) is 6.70. The first kappa shape index (κ1) is 14.0. The Labute approximate surface area is 125 Å². The molecule has 4 heteroatoms. The van der Waals surface area contributed by atoms with Crippen molar-refractivity contribution < 1.29 is 0 Å². The Hall–Kier alpha value is -0.370. The predicted molar refractivity (Wildman–Crippen MR) is 80.2 cm³/mol. The first-order valence-electron chi connectivity index (χ1n) is 6.31. The van der Waals surface area contributed by atoms with Crippen LogP contribution in [0.1, 0.15) is 37.3 Å². The molecule has 1 unspecified atom stereocenters.